The quantitative estimate of drug-likeness (QED) is 0.625. The summed E-state index contributed by atoms with van der Waals surface area (Å²) in [5, 5.41) is 15.5. The van der Waals surface area contributed by atoms with Gasteiger partial charge in [0, 0.05) is 17.4 Å². The summed E-state index contributed by atoms with van der Waals surface area (Å²) in [5.74, 6) is 0.720. The lowest BCUT2D eigenvalue weighted by molar-refractivity contribution is 0.281. The van der Waals surface area contributed by atoms with Crippen molar-refractivity contribution in [2.75, 3.05) is 6.54 Å². The molecule has 0 aliphatic rings. The summed E-state index contributed by atoms with van der Waals surface area (Å²) in [6.45, 7) is 0.0835. The monoisotopic (exact) mass is 374 g/mol. The highest BCUT2D eigenvalue weighted by atomic mass is 79.9. The molecular formula is C12H15BrN4O3S. The second-order valence-electron chi connectivity index (χ2n) is 4.36. The van der Waals surface area contributed by atoms with E-state index in [0.29, 0.717) is 29.4 Å². The highest BCUT2D eigenvalue weighted by Gasteiger charge is 2.17. The fourth-order valence-electron chi connectivity index (χ4n) is 1.74. The Morgan fingerprint density at radius 2 is 2.19 bits per heavy atom. The number of aromatic nitrogens is 3. The molecule has 114 valence electrons. The molecule has 7 nitrogen and oxygen atoms in total. The number of aryl methyl sites for hydroxylation is 1. The lowest BCUT2D eigenvalue weighted by atomic mass is 10.2. The minimum atomic E-state index is -3.62. The molecule has 2 aromatic rings. The average molecular weight is 375 g/mol. The maximum atomic E-state index is 12.2. The highest BCUT2D eigenvalue weighted by Crippen LogP contribution is 2.23. The van der Waals surface area contributed by atoms with Crippen molar-refractivity contribution in [2.24, 2.45) is 0 Å². The molecule has 9 heteroatoms. The fourth-order valence-corrected chi connectivity index (χ4v) is 3.83. The second kappa shape index (κ2) is 7.12. The number of aliphatic hydroxyl groups excluding tert-OH is 1. The van der Waals surface area contributed by atoms with Crippen molar-refractivity contribution in [1.29, 1.82) is 0 Å². The van der Waals surface area contributed by atoms with Crippen LogP contribution in [0.1, 0.15) is 17.8 Å². The molecule has 21 heavy (non-hydrogen) atoms. The SMILES string of the molecule is O=S(=O)(NCCCc1ncn[nH]1)c1cc(CO)ccc1Br. The van der Waals surface area contributed by atoms with Gasteiger partial charge in [-0.2, -0.15) is 5.10 Å². The van der Waals surface area contributed by atoms with E-state index in [9.17, 15) is 8.42 Å². The number of aromatic amines is 1. The Balaban J connectivity index is 1.98. The van der Waals surface area contributed by atoms with E-state index in [1.807, 2.05) is 0 Å². The van der Waals surface area contributed by atoms with Crippen LogP contribution < -0.4 is 4.72 Å². The number of benzene rings is 1. The molecular weight excluding hydrogens is 360 g/mol. The van der Waals surface area contributed by atoms with E-state index in [4.69, 9.17) is 5.11 Å². The molecule has 0 bridgehead atoms. The van der Waals surface area contributed by atoms with Gasteiger partial charge in [-0.05, 0) is 40.0 Å². The van der Waals surface area contributed by atoms with Crippen molar-refractivity contribution in [3.63, 3.8) is 0 Å². The van der Waals surface area contributed by atoms with Crippen molar-refractivity contribution >= 4 is 26.0 Å². The van der Waals surface area contributed by atoms with Crippen molar-refractivity contribution in [2.45, 2.75) is 24.3 Å². The maximum Gasteiger partial charge on any atom is 0.241 e. The lowest BCUT2D eigenvalue weighted by Gasteiger charge is -2.09. The Hall–Kier alpha value is -1.29. The van der Waals surface area contributed by atoms with Gasteiger partial charge >= 0.3 is 0 Å². The number of nitrogens with zero attached hydrogens (tertiary/aromatic N) is 2. The van der Waals surface area contributed by atoms with Crippen LogP contribution >= 0.6 is 15.9 Å². The third-order valence-corrected chi connectivity index (χ3v) is 5.27. The lowest BCUT2D eigenvalue weighted by Crippen LogP contribution is -2.25. The van der Waals surface area contributed by atoms with Gasteiger partial charge in [0.05, 0.1) is 11.5 Å². The third kappa shape index (κ3) is 4.34. The number of nitrogens with one attached hydrogen (secondary N) is 2. The van der Waals surface area contributed by atoms with E-state index in [1.165, 1.54) is 12.4 Å². The van der Waals surface area contributed by atoms with Crippen molar-refractivity contribution in [3.8, 4) is 0 Å². The van der Waals surface area contributed by atoms with Gasteiger partial charge < -0.3 is 5.11 Å². The van der Waals surface area contributed by atoms with Gasteiger partial charge in [-0.3, -0.25) is 5.10 Å². The van der Waals surface area contributed by atoms with Crippen molar-refractivity contribution in [3.05, 3.63) is 40.4 Å². The van der Waals surface area contributed by atoms with E-state index < -0.39 is 10.0 Å². The van der Waals surface area contributed by atoms with E-state index in [2.05, 4.69) is 35.8 Å². The van der Waals surface area contributed by atoms with Gasteiger partial charge in [0.15, 0.2) is 0 Å². The minimum Gasteiger partial charge on any atom is -0.392 e. The Kier molecular flexibility index (Phi) is 5.45. The minimum absolute atomic E-state index is 0.119. The molecule has 0 amide bonds. The van der Waals surface area contributed by atoms with Crippen molar-refractivity contribution in [1.82, 2.24) is 19.9 Å². The Morgan fingerprint density at radius 3 is 2.86 bits per heavy atom. The molecule has 0 radical (unpaired) electrons. The summed E-state index contributed by atoms with van der Waals surface area (Å²) in [7, 11) is -3.62. The van der Waals surface area contributed by atoms with Gasteiger partial charge in [0.2, 0.25) is 10.0 Å². The summed E-state index contributed by atoms with van der Waals surface area (Å²) in [5.41, 5.74) is 0.542. The summed E-state index contributed by atoms with van der Waals surface area (Å²) in [6.07, 6.45) is 2.63. The molecule has 0 aliphatic carbocycles. The zero-order valence-electron chi connectivity index (χ0n) is 11.1. The Bertz CT molecular complexity index is 689. The van der Waals surface area contributed by atoms with Gasteiger partial charge in [-0.15, -0.1) is 0 Å². The molecule has 0 spiro atoms. The van der Waals surface area contributed by atoms with Gasteiger partial charge in [0.1, 0.15) is 12.2 Å². The molecule has 0 fully saturated rings. The molecule has 0 unspecified atom stereocenters. The number of halogens is 1. The van der Waals surface area contributed by atoms with Crippen LogP contribution in [0.2, 0.25) is 0 Å². The molecule has 3 N–H and O–H groups in total. The van der Waals surface area contributed by atoms with Crippen LogP contribution in [0, 0.1) is 0 Å². The molecule has 1 aromatic carbocycles. The van der Waals surface area contributed by atoms with Crippen LogP contribution in [0.3, 0.4) is 0 Å². The first-order chi connectivity index (χ1) is 10.0. The summed E-state index contributed by atoms with van der Waals surface area (Å²) in [6, 6.07) is 4.71. The van der Waals surface area contributed by atoms with Gasteiger partial charge in [-0.25, -0.2) is 18.1 Å². The van der Waals surface area contributed by atoms with E-state index in [0.717, 1.165) is 5.82 Å². The van der Waals surface area contributed by atoms with E-state index in [-0.39, 0.29) is 11.5 Å². The Labute approximate surface area is 131 Å². The number of hydrogen-bond donors (Lipinski definition) is 3. The van der Waals surface area contributed by atoms with Gasteiger partial charge in [-0.1, -0.05) is 6.07 Å². The molecule has 0 atom stereocenters. The second-order valence-corrected chi connectivity index (χ2v) is 6.95. The number of hydrogen-bond acceptors (Lipinski definition) is 5. The van der Waals surface area contributed by atoms with Crippen LogP contribution in [0.15, 0.2) is 33.9 Å². The predicted molar refractivity (Wildman–Crippen MR) is 80.0 cm³/mol. The number of H-pyrrole nitrogens is 1. The first-order valence-electron chi connectivity index (χ1n) is 6.26. The van der Waals surface area contributed by atoms with E-state index >= 15 is 0 Å². The number of aliphatic hydroxyl groups is 1. The fraction of sp³-hybridized carbons (Fsp3) is 0.333. The Morgan fingerprint density at radius 1 is 1.38 bits per heavy atom. The third-order valence-electron chi connectivity index (χ3n) is 2.82. The topological polar surface area (TPSA) is 108 Å². The predicted octanol–water partition coefficient (Wildman–Crippen LogP) is 0.971. The first kappa shape index (κ1) is 16.1. The van der Waals surface area contributed by atoms with Crippen molar-refractivity contribution < 1.29 is 13.5 Å². The smallest absolute Gasteiger partial charge is 0.241 e. The molecule has 0 saturated heterocycles. The standard InChI is InChI=1S/C12H15BrN4O3S/c13-10-4-3-9(7-18)6-11(10)21(19,20)16-5-1-2-12-14-8-15-17-12/h3-4,6,8,16,18H,1-2,5,7H2,(H,14,15,17). The van der Waals surface area contributed by atoms with Gasteiger partial charge in [0.25, 0.3) is 0 Å². The van der Waals surface area contributed by atoms with Crippen LogP contribution in [0.5, 0.6) is 0 Å². The molecule has 2 rings (SSSR count). The van der Waals surface area contributed by atoms with Crippen LogP contribution in [0.25, 0.3) is 0 Å². The molecule has 1 heterocycles. The molecule has 0 saturated carbocycles. The normalized spacial score (nSPS) is 11.7. The first-order valence-corrected chi connectivity index (χ1v) is 8.54. The van der Waals surface area contributed by atoms with Crippen LogP contribution in [-0.2, 0) is 23.1 Å². The largest absolute Gasteiger partial charge is 0.392 e. The van der Waals surface area contributed by atoms with E-state index in [1.54, 1.807) is 12.1 Å². The summed E-state index contributed by atoms with van der Waals surface area (Å²) < 4.78 is 27.4. The molecule has 0 aliphatic heterocycles. The maximum absolute atomic E-state index is 12.2. The summed E-state index contributed by atoms with van der Waals surface area (Å²) in [4.78, 5) is 4.09. The van der Waals surface area contributed by atoms with Crippen LogP contribution in [-0.4, -0.2) is 35.3 Å². The zero-order valence-corrected chi connectivity index (χ0v) is 13.5. The zero-order chi connectivity index (χ0) is 15.3. The average Bonchev–Trinajstić information content (AvgIpc) is 2.97. The number of rotatable bonds is 7. The number of sulfonamides is 1. The van der Waals surface area contributed by atoms with Crippen LogP contribution in [0.4, 0.5) is 0 Å². The summed E-state index contributed by atoms with van der Waals surface area (Å²) >= 11 is 3.21. The highest BCUT2D eigenvalue weighted by molar-refractivity contribution is 9.10. The molecule has 1 aromatic heterocycles.